The van der Waals surface area contributed by atoms with Crippen LogP contribution in [-0.2, 0) is 0 Å². The third kappa shape index (κ3) is 3.66. The summed E-state index contributed by atoms with van der Waals surface area (Å²) in [6, 6.07) is 5.68. The second kappa shape index (κ2) is 6.20. The third-order valence-electron chi connectivity index (χ3n) is 3.62. The molecule has 2 rings (SSSR count). The van der Waals surface area contributed by atoms with Crippen LogP contribution in [0.4, 0.5) is 0 Å². The molecule has 0 unspecified atom stereocenters. The lowest BCUT2D eigenvalue weighted by Crippen LogP contribution is -2.34. The zero-order valence-electron chi connectivity index (χ0n) is 12.5. The Balaban J connectivity index is 2.18. The van der Waals surface area contributed by atoms with Gasteiger partial charge < -0.3 is 14.8 Å². The summed E-state index contributed by atoms with van der Waals surface area (Å²) >= 11 is 3.42. The molecule has 1 aromatic carbocycles. The lowest BCUT2D eigenvalue weighted by atomic mass is 9.90. The van der Waals surface area contributed by atoms with Crippen LogP contribution in [0.15, 0.2) is 27.1 Å². The highest BCUT2D eigenvalue weighted by Gasteiger charge is 2.22. The van der Waals surface area contributed by atoms with Gasteiger partial charge in [0.05, 0.1) is 0 Å². The molecule has 0 aliphatic carbocycles. The Bertz CT molecular complexity index is 661. The van der Waals surface area contributed by atoms with E-state index in [1.165, 1.54) is 0 Å². The molecule has 2 aromatic rings. The van der Waals surface area contributed by atoms with Gasteiger partial charge in [-0.15, -0.1) is 0 Å². The number of hydrogen-bond donors (Lipinski definition) is 2. The van der Waals surface area contributed by atoms with Crippen molar-refractivity contribution in [2.24, 2.45) is 5.41 Å². The lowest BCUT2D eigenvalue weighted by molar-refractivity contribution is 0.0902. The highest BCUT2D eigenvalue weighted by atomic mass is 79.9. The molecule has 0 spiro atoms. The van der Waals surface area contributed by atoms with Crippen LogP contribution < -0.4 is 5.32 Å². The van der Waals surface area contributed by atoms with E-state index in [1.54, 1.807) is 0 Å². The van der Waals surface area contributed by atoms with E-state index in [-0.39, 0.29) is 17.9 Å². The average Bonchev–Trinajstić information content (AvgIpc) is 2.73. The van der Waals surface area contributed by atoms with Gasteiger partial charge >= 0.3 is 0 Å². The molecule has 0 fully saturated rings. The van der Waals surface area contributed by atoms with Gasteiger partial charge in [0.1, 0.15) is 5.58 Å². The maximum Gasteiger partial charge on any atom is 0.287 e. The zero-order valence-corrected chi connectivity index (χ0v) is 14.1. The predicted molar refractivity (Wildman–Crippen MR) is 86.5 cm³/mol. The van der Waals surface area contributed by atoms with Gasteiger partial charge in [-0.25, -0.2) is 0 Å². The fraction of sp³-hybridized carbons (Fsp3) is 0.438. The maximum atomic E-state index is 12.3. The first-order chi connectivity index (χ1) is 9.84. The van der Waals surface area contributed by atoms with E-state index in [2.05, 4.69) is 21.2 Å². The second-order valence-corrected chi connectivity index (χ2v) is 6.93. The standard InChI is InChI=1S/C16H20BrNO3/c1-10-12-8-11(17)4-5-13(12)21-14(10)15(20)18-9-16(2,3)6-7-19/h4-5,8,19H,6-7,9H2,1-3H3,(H,18,20). The molecular weight excluding hydrogens is 334 g/mol. The fourth-order valence-corrected chi connectivity index (χ4v) is 2.56. The molecule has 114 valence electrons. The van der Waals surface area contributed by atoms with Crippen molar-refractivity contribution in [1.82, 2.24) is 5.32 Å². The number of aryl methyl sites for hydroxylation is 1. The molecule has 2 N–H and O–H groups in total. The number of nitrogens with one attached hydrogen (secondary N) is 1. The van der Waals surface area contributed by atoms with Gasteiger partial charge in [-0.1, -0.05) is 29.8 Å². The summed E-state index contributed by atoms with van der Waals surface area (Å²) in [7, 11) is 0. The van der Waals surface area contributed by atoms with Gasteiger partial charge in [0.25, 0.3) is 5.91 Å². The van der Waals surface area contributed by atoms with Crippen molar-refractivity contribution in [3.63, 3.8) is 0 Å². The van der Waals surface area contributed by atoms with Gasteiger partial charge in [0.2, 0.25) is 0 Å². The summed E-state index contributed by atoms with van der Waals surface area (Å²) in [4.78, 5) is 12.3. The number of rotatable bonds is 5. The monoisotopic (exact) mass is 353 g/mol. The maximum absolute atomic E-state index is 12.3. The molecule has 1 heterocycles. The summed E-state index contributed by atoms with van der Waals surface area (Å²) in [6.07, 6.45) is 0.638. The van der Waals surface area contributed by atoms with Crippen LogP contribution >= 0.6 is 15.9 Å². The molecular formula is C16H20BrNO3. The Kier molecular flexibility index (Phi) is 4.74. The summed E-state index contributed by atoms with van der Waals surface area (Å²) in [5.74, 6) is 0.133. The number of halogens is 1. The molecule has 1 aromatic heterocycles. The SMILES string of the molecule is Cc1c(C(=O)NCC(C)(C)CCO)oc2ccc(Br)cc12. The predicted octanol–water partition coefficient (Wildman–Crippen LogP) is 3.64. The third-order valence-corrected chi connectivity index (χ3v) is 4.11. The molecule has 0 aliphatic rings. The number of carbonyl (C=O) groups is 1. The topological polar surface area (TPSA) is 62.5 Å². The summed E-state index contributed by atoms with van der Waals surface area (Å²) in [6.45, 7) is 6.50. The van der Waals surface area contributed by atoms with Gasteiger partial charge in [-0.2, -0.15) is 0 Å². The van der Waals surface area contributed by atoms with Crippen LogP contribution in [-0.4, -0.2) is 24.2 Å². The van der Waals surface area contributed by atoms with Crippen LogP contribution in [0.25, 0.3) is 11.0 Å². The van der Waals surface area contributed by atoms with Gasteiger partial charge in [-0.05, 0) is 37.0 Å². The van der Waals surface area contributed by atoms with Crippen LogP contribution in [0, 0.1) is 12.3 Å². The smallest absolute Gasteiger partial charge is 0.287 e. The molecule has 5 heteroatoms. The molecule has 0 bridgehead atoms. The average molecular weight is 354 g/mol. The molecule has 0 saturated heterocycles. The Hall–Kier alpha value is -1.33. The van der Waals surface area contributed by atoms with E-state index in [4.69, 9.17) is 9.52 Å². The van der Waals surface area contributed by atoms with E-state index >= 15 is 0 Å². The van der Waals surface area contributed by atoms with E-state index in [0.717, 1.165) is 15.4 Å². The first kappa shape index (κ1) is 16.0. The Morgan fingerprint density at radius 3 is 2.81 bits per heavy atom. The molecule has 1 amide bonds. The van der Waals surface area contributed by atoms with Crippen LogP contribution in [0.1, 0.15) is 36.4 Å². The van der Waals surface area contributed by atoms with Crippen molar-refractivity contribution in [1.29, 1.82) is 0 Å². The number of aliphatic hydroxyl groups excluding tert-OH is 1. The largest absolute Gasteiger partial charge is 0.451 e. The van der Waals surface area contributed by atoms with Crippen molar-refractivity contribution in [2.75, 3.05) is 13.2 Å². The second-order valence-electron chi connectivity index (χ2n) is 6.02. The highest BCUT2D eigenvalue weighted by Crippen LogP contribution is 2.28. The van der Waals surface area contributed by atoms with Gasteiger partial charge in [0.15, 0.2) is 5.76 Å². The first-order valence-corrected chi connectivity index (χ1v) is 7.71. The normalized spacial score (nSPS) is 11.9. The van der Waals surface area contributed by atoms with Gasteiger partial charge in [0, 0.05) is 28.6 Å². The fourth-order valence-electron chi connectivity index (χ4n) is 2.20. The molecule has 21 heavy (non-hydrogen) atoms. The Morgan fingerprint density at radius 1 is 1.43 bits per heavy atom. The van der Waals surface area contributed by atoms with Crippen LogP contribution in [0.5, 0.6) is 0 Å². The number of benzene rings is 1. The van der Waals surface area contributed by atoms with Crippen molar-refractivity contribution in [3.8, 4) is 0 Å². The number of amides is 1. The zero-order chi connectivity index (χ0) is 15.6. The van der Waals surface area contributed by atoms with E-state index in [0.29, 0.717) is 24.3 Å². The molecule has 0 radical (unpaired) electrons. The molecule has 0 aliphatic heterocycles. The highest BCUT2D eigenvalue weighted by molar-refractivity contribution is 9.10. The van der Waals surface area contributed by atoms with Crippen LogP contribution in [0.2, 0.25) is 0 Å². The molecule has 0 atom stereocenters. The quantitative estimate of drug-likeness (QED) is 0.862. The molecule has 4 nitrogen and oxygen atoms in total. The van der Waals surface area contributed by atoms with Crippen LogP contribution in [0.3, 0.4) is 0 Å². The number of fused-ring (bicyclic) bond motifs is 1. The van der Waals surface area contributed by atoms with Crippen molar-refractivity contribution < 1.29 is 14.3 Å². The summed E-state index contributed by atoms with van der Waals surface area (Å²) in [5, 5.41) is 12.8. The van der Waals surface area contributed by atoms with Crippen molar-refractivity contribution in [3.05, 3.63) is 34.0 Å². The first-order valence-electron chi connectivity index (χ1n) is 6.92. The number of furan rings is 1. The minimum atomic E-state index is -0.217. The number of hydrogen-bond acceptors (Lipinski definition) is 3. The van der Waals surface area contributed by atoms with Crippen molar-refractivity contribution >= 4 is 32.8 Å². The van der Waals surface area contributed by atoms with E-state index in [9.17, 15) is 4.79 Å². The molecule has 0 saturated carbocycles. The Labute approximate surface area is 132 Å². The minimum Gasteiger partial charge on any atom is -0.451 e. The van der Waals surface area contributed by atoms with Gasteiger partial charge in [-0.3, -0.25) is 4.79 Å². The number of carbonyl (C=O) groups excluding carboxylic acids is 1. The van der Waals surface area contributed by atoms with Crippen molar-refractivity contribution in [2.45, 2.75) is 27.2 Å². The van der Waals surface area contributed by atoms with E-state index < -0.39 is 0 Å². The summed E-state index contributed by atoms with van der Waals surface area (Å²) in [5.41, 5.74) is 1.40. The minimum absolute atomic E-state index is 0.112. The Morgan fingerprint density at radius 2 is 2.14 bits per heavy atom. The number of aliphatic hydroxyl groups is 1. The lowest BCUT2D eigenvalue weighted by Gasteiger charge is -2.23. The van der Waals surface area contributed by atoms with E-state index in [1.807, 2.05) is 39.0 Å². The summed E-state index contributed by atoms with van der Waals surface area (Å²) < 4.78 is 6.61.